The van der Waals surface area contributed by atoms with Gasteiger partial charge in [-0.1, -0.05) is 0 Å². The van der Waals surface area contributed by atoms with E-state index in [1.165, 1.54) is 6.92 Å². The maximum absolute atomic E-state index is 11.0. The second kappa shape index (κ2) is 4.25. The largest absolute Gasteiger partial charge is 0.352 e. The van der Waals surface area contributed by atoms with Gasteiger partial charge in [-0.25, -0.2) is 0 Å². The molecule has 1 aliphatic heterocycles. The van der Waals surface area contributed by atoms with E-state index in [-0.39, 0.29) is 17.9 Å². The summed E-state index contributed by atoms with van der Waals surface area (Å²) in [5, 5.41) is 2.83. The highest BCUT2D eigenvalue weighted by Gasteiger charge is 2.21. The molecule has 74 valence electrons. The van der Waals surface area contributed by atoms with Crippen LogP contribution in [0.2, 0.25) is 0 Å². The average Bonchev–Trinajstić information content (AvgIpc) is 2.03. The first kappa shape index (κ1) is 10.0. The normalized spacial score (nSPS) is 22.6. The summed E-state index contributed by atoms with van der Waals surface area (Å²) < 4.78 is 0. The van der Waals surface area contributed by atoms with Gasteiger partial charge in [-0.15, -0.1) is 0 Å². The molecule has 0 unspecified atom stereocenters. The molecule has 0 aromatic heterocycles. The molecule has 2 amide bonds. The van der Waals surface area contributed by atoms with Crippen molar-refractivity contribution in [2.75, 3.05) is 13.1 Å². The van der Waals surface area contributed by atoms with Gasteiger partial charge >= 0.3 is 0 Å². The van der Waals surface area contributed by atoms with Crippen molar-refractivity contribution in [3.63, 3.8) is 0 Å². The highest BCUT2D eigenvalue weighted by atomic mass is 16.2. The molecule has 4 heteroatoms. The molecule has 1 atom stereocenters. The molecule has 0 saturated carbocycles. The van der Waals surface area contributed by atoms with Crippen molar-refractivity contribution >= 4 is 11.8 Å². The Morgan fingerprint density at radius 1 is 1.38 bits per heavy atom. The maximum atomic E-state index is 11.0. The molecule has 1 heterocycles. The lowest BCUT2D eigenvalue weighted by molar-refractivity contribution is -0.131. The number of hydrogen-bond donors (Lipinski definition) is 1. The van der Waals surface area contributed by atoms with E-state index >= 15 is 0 Å². The third kappa shape index (κ3) is 3.05. The fourth-order valence-electron chi connectivity index (χ4n) is 1.67. The molecular weight excluding hydrogens is 168 g/mol. The summed E-state index contributed by atoms with van der Waals surface area (Å²) in [4.78, 5) is 23.6. The Morgan fingerprint density at radius 2 is 2.08 bits per heavy atom. The molecule has 1 N–H and O–H groups in total. The quantitative estimate of drug-likeness (QED) is 0.630. The Hall–Kier alpha value is -1.06. The van der Waals surface area contributed by atoms with Gasteiger partial charge in [0.2, 0.25) is 11.8 Å². The Morgan fingerprint density at radius 3 is 2.62 bits per heavy atom. The number of amides is 2. The minimum absolute atomic E-state index is 0.0181. The van der Waals surface area contributed by atoms with Crippen LogP contribution in [-0.2, 0) is 9.59 Å². The van der Waals surface area contributed by atoms with Gasteiger partial charge in [0.1, 0.15) is 0 Å². The maximum Gasteiger partial charge on any atom is 0.219 e. The molecule has 0 spiro atoms. The van der Waals surface area contributed by atoms with Crippen LogP contribution >= 0.6 is 0 Å². The fourth-order valence-corrected chi connectivity index (χ4v) is 1.67. The van der Waals surface area contributed by atoms with Gasteiger partial charge in [-0.2, -0.15) is 0 Å². The molecule has 0 bridgehead atoms. The van der Waals surface area contributed by atoms with E-state index in [9.17, 15) is 9.59 Å². The second-order valence-corrected chi connectivity index (χ2v) is 3.50. The smallest absolute Gasteiger partial charge is 0.219 e. The van der Waals surface area contributed by atoms with Crippen molar-refractivity contribution in [2.45, 2.75) is 32.7 Å². The zero-order valence-electron chi connectivity index (χ0n) is 8.17. The van der Waals surface area contributed by atoms with Gasteiger partial charge in [-0.3, -0.25) is 9.59 Å². The first-order chi connectivity index (χ1) is 6.09. The van der Waals surface area contributed by atoms with Crippen molar-refractivity contribution in [3.05, 3.63) is 0 Å². The molecule has 0 aromatic carbocycles. The molecule has 1 aliphatic rings. The molecule has 13 heavy (non-hydrogen) atoms. The van der Waals surface area contributed by atoms with Gasteiger partial charge in [0.05, 0.1) is 0 Å². The third-order valence-electron chi connectivity index (χ3n) is 2.27. The number of rotatable bonds is 1. The lowest BCUT2D eigenvalue weighted by atomic mass is 10.1. The van der Waals surface area contributed by atoms with E-state index < -0.39 is 0 Å². The summed E-state index contributed by atoms with van der Waals surface area (Å²) >= 11 is 0. The molecule has 1 saturated heterocycles. The lowest BCUT2D eigenvalue weighted by Crippen LogP contribution is -2.48. The number of hydrogen-bond acceptors (Lipinski definition) is 2. The van der Waals surface area contributed by atoms with E-state index in [1.54, 1.807) is 11.8 Å². The Bertz CT molecular complexity index is 216. The standard InChI is InChI=1S/C9H16N2O2/c1-7(12)10-9-4-3-5-11(6-9)8(2)13/h9H,3-6H2,1-2H3,(H,10,12)/t9-/m1/s1. The van der Waals surface area contributed by atoms with E-state index in [2.05, 4.69) is 5.32 Å². The third-order valence-corrected chi connectivity index (χ3v) is 2.27. The summed E-state index contributed by atoms with van der Waals surface area (Å²) in [5.74, 6) is 0.0745. The number of piperidine rings is 1. The molecule has 1 fully saturated rings. The minimum atomic E-state index is -0.0181. The van der Waals surface area contributed by atoms with Crippen LogP contribution < -0.4 is 5.32 Å². The van der Waals surface area contributed by atoms with Crippen LogP contribution in [-0.4, -0.2) is 35.8 Å². The first-order valence-corrected chi connectivity index (χ1v) is 4.62. The molecule has 0 aromatic rings. The van der Waals surface area contributed by atoms with Gasteiger partial charge < -0.3 is 10.2 Å². The summed E-state index contributed by atoms with van der Waals surface area (Å²) in [7, 11) is 0. The van der Waals surface area contributed by atoms with Gasteiger partial charge in [0, 0.05) is 33.0 Å². The van der Waals surface area contributed by atoms with Crippen molar-refractivity contribution in [2.24, 2.45) is 0 Å². The highest BCUT2D eigenvalue weighted by molar-refractivity contribution is 5.74. The predicted octanol–water partition coefficient (Wildman–Crippen LogP) is 0.133. The number of nitrogens with zero attached hydrogens (tertiary/aromatic N) is 1. The van der Waals surface area contributed by atoms with Crippen LogP contribution in [0.5, 0.6) is 0 Å². The van der Waals surface area contributed by atoms with Crippen molar-refractivity contribution in [1.29, 1.82) is 0 Å². The van der Waals surface area contributed by atoms with Crippen molar-refractivity contribution < 1.29 is 9.59 Å². The van der Waals surface area contributed by atoms with Gasteiger partial charge in [0.25, 0.3) is 0 Å². The summed E-state index contributed by atoms with van der Waals surface area (Å²) in [6.07, 6.45) is 1.95. The van der Waals surface area contributed by atoms with Gasteiger partial charge in [-0.05, 0) is 12.8 Å². The molecule has 0 aliphatic carbocycles. The van der Waals surface area contributed by atoms with Crippen LogP contribution in [0.15, 0.2) is 0 Å². The molecular formula is C9H16N2O2. The monoisotopic (exact) mass is 184 g/mol. The van der Waals surface area contributed by atoms with Crippen LogP contribution in [0, 0.1) is 0 Å². The van der Waals surface area contributed by atoms with Crippen LogP contribution in [0.3, 0.4) is 0 Å². The summed E-state index contributed by atoms with van der Waals surface area (Å²) in [5.41, 5.74) is 0. The zero-order valence-corrected chi connectivity index (χ0v) is 8.17. The number of nitrogens with one attached hydrogen (secondary N) is 1. The minimum Gasteiger partial charge on any atom is -0.352 e. The zero-order chi connectivity index (χ0) is 9.84. The van der Waals surface area contributed by atoms with E-state index in [0.717, 1.165) is 19.4 Å². The summed E-state index contributed by atoms with van der Waals surface area (Å²) in [6, 6.07) is 0.148. The predicted molar refractivity (Wildman–Crippen MR) is 49.1 cm³/mol. The Kier molecular flexibility index (Phi) is 3.28. The number of carbonyl (C=O) groups is 2. The lowest BCUT2D eigenvalue weighted by Gasteiger charge is -2.32. The van der Waals surface area contributed by atoms with E-state index in [4.69, 9.17) is 0 Å². The Balaban J connectivity index is 2.41. The van der Waals surface area contributed by atoms with Crippen molar-refractivity contribution in [1.82, 2.24) is 10.2 Å². The average molecular weight is 184 g/mol. The fraction of sp³-hybridized carbons (Fsp3) is 0.778. The topological polar surface area (TPSA) is 49.4 Å². The van der Waals surface area contributed by atoms with E-state index in [0.29, 0.717) is 6.54 Å². The molecule has 0 radical (unpaired) electrons. The number of carbonyl (C=O) groups excluding carboxylic acids is 2. The summed E-state index contributed by atoms with van der Waals surface area (Å²) in [6.45, 7) is 4.56. The SMILES string of the molecule is CC(=O)N[C@@H]1CCCN(C(C)=O)C1. The molecule has 1 rings (SSSR count). The van der Waals surface area contributed by atoms with E-state index in [1.807, 2.05) is 0 Å². The first-order valence-electron chi connectivity index (χ1n) is 4.62. The Labute approximate surface area is 78.3 Å². The van der Waals surface area contributed by atoms with Crippen LogP contribution in [0.1, 0.15) is 26.7 Å². The van der Waals surface area contributed by atoms with Crippen molar-refractivity contribution in [3.8, 4) is 0 Å². The molecule has 4 nitrogen and oxygen atoms in total. The van der Waals surface area contributed by atoms with Crippen LogP contribution in [0.25, 0.3) is 0 Å². The van der Waals surface area contributed by atoms with Gasteiger partial charge in [0.15, 0.2) is 0 Å². The number of likely N-dealkylation sites (tertiary alicyclic amines) is 1. The highest BCUT2D eigenvalue weighted by Crippen LogP contribution is 2.09. The second-order valence-electron chi connectivity index (χ2n) is 3.50. The van der Waals surface area contributed by atoms with Crippen LogP contribution in [0.4, 0.5) is 0 Å².